The highest BCUT2D eigenvalue weighted by Gasteiger charge is 2.14. The van der Waals surface area contributed by atoms with Crippen LogP contribution in [0.3, 0.4) is 0 Å². The smallest absolute Gasteiger partial charge is 0.290 e. The van der Waals surface area contributed by atoms with E-state index in [2.05, 4.69) is 20.6 Å². The van der Waals surface area contributed by atoms with E-state index in [0.717, 1.165) is 5.56 Å². The summed E-state index contributed by atoms with van der Waals surface area (Å²) in [5, 5.41) is 14.1. The lowest BCUT2D eigenvalue weighted by molar-refractivity contribution is -0.118. The van der Waals surface area contributed by atoms with E-state index in [-0.39, 0.29) is 17.2 Å². The zero-order valence-electron chi connectivity index (χ0n) is 14.1. The number of H-pyrrole nitrogens is 1. The van der Waals surface area contributed by atoms with Crippen molar-refractivity contribution >= 4 is 23.2 Å². The van der Waals surface area contributed by atoms with Gasteiger partial charge in [0.05, 0.1) is 12.0 Å². The molecule has 27 heavy (non-hydrogen) atoms. The number of carbonyl (C=O) groups is 1. The molecule has 0 aliphatic carbocycles. The van der Waals surface area contributed by atoms with Gasteiger partial charge in [-0.3, -0.25) is 9.59 Å². The van der Waals surface area contributed by atoms with Crippen molar-refractivity contribution in [2.24, 2.45) is 0 Å². The predicted molar refractivity (Wildman–Crippen MR) is 100 cm³/mol. The fourth-order valence-electron chi connectivity index (χ4n) is 2.51. The molecule has 3 aromatic heterocycles. The monoisotopic (exact) mass is 381 g/mol. The van der Waals surface area contributed by atoms with E-state index in [1.807, 2.05) is 30.3 Å². The number of hydrogen-bond acceptors (Lipinski definition) is 6. The lowest BCUT2D eigenvalue weighted by Gasteiger charge is -2.05. The Morgan fingerprint density at radius 1 is 1.22 bits per heavy atom. The molecule has 0 aliphatic rings. The van der Waals surface area contributed by atoms with Crippen LogP contribution in [-0.4, -0.2) is 31.5 Å². The van der Waals surface area contributed by atoms with Gasteiger partial charge in [0.2, 0.25) is 11.1 Å². The molecule has 8 nitrogen and oxygen atoms in total. The summed E-state index contributed by atoms with van der Waals surface area (Å²) in [7, 11) is 0. The Balaban J connectivity index is 1.48. The molecule has 9 heteroatoms. The molecule has 1 aromatic carbocycles. The fourth-order valence-corrected chi connectivity index (χ4v) is 3.24. The van der Waals surface area contributed by atoms with E-state index < -0.39 is 0 Å². The standard InChI is InChI=1S/C18H15N5O3S/c24-16(19-10-12-5-2-1-3-6-12)11-27-18-21-20-17(25)14-9-13(22-23(14)18)15-7-4-8-26-15/h1-9H,10-11H2,(H,19,24)(H,20,25). The van der Waals surface area contributed by atoms with Crippen molar-refractivity contribution < 1.29 is 9.21 Å². The normalized spacial score (nSPS) is 11.0. The number of carbonyl (C=O) groups excluding carboxylic acids is 1. The van der Waals surface area contributed by atoms with Crippen molar-refractivity contribution in [2.75, 3.05) is 5.75 Å². The first-order valence-electron chi connectivity index (χ1n) is 8.16. The molecular formula is C18H15N5O3S. The molecule has 4 rings (SSSR count). The Bertz CT molecular complexity index is 1120. The Hall–Kier alpha value is -3.33. The van der Waals surface area contributed by atoms with Gasteiger partial charge < -0.3 is 9.73 Å². The van der Waals surface area contributed by atoms with E-state index in [1.54, 1.807) is 18.2 Å². The van der Waals surface area contributed by atoms with Gasteiger partial charge >= 0.3 is 0 Å². The first-order valence-corrected chi connectivity index (χ1v) is 9.15. The SMILES string of the molecule is O=C(CSc1n[nH]c(=O)c2cc(-c3ccco3)nn12)NCc1ccccc1. The molecule has 0 radical (unpaired) electrons. The Morgan fingerprint density at radius 2 is 2.07 bits per heavy atom. The van der Waals surface area contributed by atoms with Crippen LogP contribution < -0.4 is 10.9 Å². The summed E-state index contributed by atoms with van der Waals surface area (Å²) < 4.78 is 6.74. The molecule has 0 fully saturated rings. The summed E-state index contributed by atoms with van der Waals surface area (Å²) in [6.45, 7) is 0.457. The largest absolute Gasteiger partial charge is 0.463 e. The average molecular weight is 381 g/mol. The predicted octanol–water partition coefficient (Wildman–Crippen LogP) is 2.09. The number of hydrogen-bond donors (Lipinski definition) is 2. The summed E-state index contributed by atoms with van der Waals surface area (Å²) in [4.78, 5) is 24.1. The molecular weight excluding hydrogens is 366 g/mol. The molecule has 4 aromatic rings. The molecule has 0 saturated carbocycles. The minimum atomic E-state index is -0.363. The second kappa shape index (κ2) is 7.50. The maximum atomic E-state index is 12.1. The van der Waals surface area contributed by atoms with E-state index in [0.29, 0.717) is 28.7 Å². The van der Waals surface area contributed by atoms with Crippen molar-refractivity contribution in [2.45, 2.75) is 11.7 Å². The number of fused-ring (bicyclic) bond motifs is 1. The zero-order chi connectivity index (χ0) is 18.6. The molecule has 136 valence electrons. The van der Waals surface area contributed by atoms with Crippen LogP contribution in [0.1, 0.15) is 5.56 Å². The second-order valence-corrected chi connectivity index (χ2v) is 6.63. The van der Waals surface area contributed by atoms with Gasteiger partial charge in [-0.05, 0) is 17.7 Å². The highest BCUT2D eigenvalue weighted by atomic mass is 32.2. The summed E-state index contributed by atoms with van der Waals surface area (Å²) in [6.07, 6.45) is 1.54. The second-order valence-electron chi connectivity index (χ2n) is 5.69. The first kappa shape index (κ1) is 17.1. The number of rotatable bonds is 6. The minimum absolute atomic E-state index is 0.136. The number of benzene rings is 1. The first-order chi connectivity index (χ1) is 13.2. The molecule has 1 amide bonds. The van der Waals surface area contributed by atoms with E-state index in [1.165, 1.54) is 22.5 Å². The summed E-state index contributed by atoms with van der Waals surface area (Å²) in [5.41, 5.74) is 1.52. The van der Waals surface area contributed by atoms with Crippen molar-refractivity contribution in [3.63, 3.8) is 0 Å². The molecule has 2 N–H and O–H groups in total. The lowest BCUT2D eigenvalue weighted by Crippen LogP contribution is -2.25. The summed E-state index contributed by atoms with van der Waals surface area (Å²) >= 11 is 1.19. The number of thioether (sulfide) groups is 1. The molecule has 0 bridgehead atoms. The zero-order valence-corrected chi connectivity index (χ0v) is 14.9. The summed E-state index contributed by atoms with van der Waals surface area (Å²) in [5.74, 6) is 0.565. The van der Waals surface area contributed by atoms with Crippen molar-refractivity contribution in [1.82, 2.24) is 25.1 Å². The van der Waals surface area contributed by atoms with Crippen LogP contribution in [0, 0.1) is 0 Å². The van der Waals surface area contributed by atoms with E-state index >= 15 is 0 Å². The van der Waals surface area contributed by atoms with Gasteiger partial charge in [0.25, 0.3) is 5.56 Å². The Labute approximate surface area is 157 Å². The maximum Gasteiger partial charge on any atom is 0.290 e. The van der Waals surface area contributed by atoms with Gasteiger partial charge in [-0.2, -0.15) is 5.10 Å². The van der Waals surface area contributed by atoms with Crippen LogP contribution in [0.15, 0.2) is 69.2 Å². The average Bonchev–Trinajstić information content (AvgIpc) is 3.37. The number of aromatic amines is 1. The van der Waals surface area contributed by atoms with Gasteiger partial charge in [0.1, 0.15) is 11.2 Å². The fraction of sp³-hybridized carbons (Fsp3) is 0.111. The minimum Gasteiger partial charge on any atom is -0.463 e. The number of nitrogens with one attached hydrogen (secondary N) is 2. The molecule has 0 atom stereocenters. The highest BCUT2D eigenvalue weighted by Crippen LogP contribution is 2.21. The molecule has 0 spiro atoms. The van der Waals surface area contributed by atoms with Crippen LogP contribution in [0.5, 0.6) is 0 Å². The highest BCUT2D eigenvalue weighted by molar-refractivity contribution is 7.99. The van der Waals surface area contributed by atoms with Crippen molar-refractivity contribution in [1.29, 1.82) is 0 Å². The van der Waals surface area contributed by atoms with Crippen LogP contribution in [0.25, 0.3) is 17.0 Å². The molecule has 0 unspecified atom stereocenters. The van der Waals surface area contributed by atoms with Gasteiger partial charge in [-0.25, -0.2) is 9.61 Å². The van der Waals surface area contributed by atoms with Gasteiger partial charge in [0.15, 0.2) is 5.76 Å². The molecule has 3 heterocycles. The van der Waals surface area contributed by atoms with E-state index in [4.69, 9.17) is 4.42 Å². The van der Waals surface area contributed by atoms with E-state index in [9.17, 15) is 9.59 Å². The third-order valence-corrected chi connectivity index (χ3v) is 4.74. The Morgan fingerprint density at radius 3 is 2.85 bits per heavy atom. The number of furan rings is 1. The quantitative estimate of drug-likeness (QED) is 0.496. The number of nitrogens with zero attached hydrogens (tertiary/aromatic N) is 3. The van der Waals surface area contributed by atoms with Crippen LogP contribution in [-0.2, 0) is 11.3 Å². The van der Waals surface area contributed by atoms with Crippen LogP contribution in [0.2, 0.25) is 0 Å². The third kappa shape index (κ3) is 3.77. The molecule has 0 aliphatic heterocycles. The number of amides is 1. The van der Waals surface area contributed by atoms with Crippen LogP contribution >= 0.6 is 11.8 Å². The van der Waals surface area contributed by atoms with Crippen molar-refractivity contribution in [3.05, 3.63) is 70.7 Å². The van der Waals surface area contributed by atoms with Gasteiger partial charge in [-0.1, -0.05) is 42.1 Å². The maximum absolute atomic E-state index is 12.1. The lowest BCUT2D eigenvalue weighted by atomic mass is 10.2. The van der Waals surface area contributed by atoms with Gasteiger partial charge in [-0.15, -0.1) is 5.10 Å². The van der Waals surface area contributed by atoms with Crippen LogP contribution in [0.4, 0.5) is 0 Å². The topological polar surface area (TPSA) is 105 Å². The number of aromatic nitrogens is 4. The van der Waals surface area contributed by atoms with Gasteiger partial charge in [0, 0.05) is 12.6 Å². The third-order valence-electron chi connectivity index (χ3n) is 3.81. The Kier molecular flexibility index (Phi) is 4.75. The van der Waals surface area contributed by atoms with Crippen molar-refractivity contribution in [3.8, 4) is 11.5 Å². The molecule has 0 saturated heterocycles. The summed E-state index contributed by atoms with van der Waals surface area (Å²) in [6, 6.07) is 14.8.